The van der Waals surface area contributed by atoms with E-state index in [1.807, 2.05) is 6.07 Å². The molecule has 26 heavy (non-hydrogen) atoms. The molecule has 0 radical (unpaired) electrons. The Labute approximate surface area is 154 Å². The number of aryl methyl sites for hydroxylation is 1. The van der Waals surface area contributed by atoms with E-state index in [9.17, 15) is 0 Å². The van der Waals surface area contributed by atoms with E-state index in [1.165, 1.54) is 27.6 Å². The van der Waals surface area contributed by atoms with E-state index in [4.69, 9.17) is 4.98 Å². The molecule has 1 aromatic heterocycles. The molecule has 3 aromatic carbocycles. The molecule has 1 heteroatoms. The summed E-state index contributed by atoms with van der Waals surface area (Å²) in [5.41, 5.74) is 7.02. The van der Waals surface area contributed by atoms with Gasteiger partial charge in [-0.15, -0.1) is 0 Å². The zero-order valence-corrected chi connectivity index (χ0v) is 14.9. The molecule has 0 saturated heterocycles. The summed E-state index contributed by atoms with van der Waals surface area (Å²) in [4.78, 5) is 4.74. The van der Waals surface area contributed by atoms with Crippen molar-refractivity contribution in [3.8, 4) is 11.1 Å². The van der Waals surface area contributed by atoms with Gasteiger partial charge in [-0.1, -0.05) is 79.7 Å². The van der Waals surface area contributed by atoms with E-state index < -0.39 is 0 Å². The Morgan fingerprint density at radius 2 is 1.50 bits per heavy atom. The molecule has 0 aliphatic carbocycles. The van der Waals surface area contributed by atoms with Crippen molar-refractivity contribution in [2.45, 2.75) is 13.3 Å². The molecule has 4 rings (SSSR count). The van der Waals surface area contributed by atoms with Crippen molar-refractivity contribution in [2.75, 3.05) is 0 Å². The number of hydrogen-bond donors (Lipinski definition) is 0. The van der Waals surface area contributed by atoms with E-state index in [0.717, 1.165) is 17.6 Å². The van der Waals surface area contributed by atoms with Gasteiger partial charge in [0.25, 0.3) is 0 Å². The lowest BCUT2D eigenvalue weighted by molar-refractivity contribution is 1.14. The molecule has 0 saturated carbocycles. The third kappa shape index (κ3) is 3.57. The Kier molecular flexibility index (Phi) is 4.61. The fourth-order valence-electron chi connectivity index (χ4n) is 3.10. The average molecular weight is 335 g/mol. The molecule has 1 nitrogen and oxygen atoms in total. The van der Waals surface area contributed by atoms with Crippen molar-refractivity contribution in [3.05, 3.63) is 102 Å². The van der Waals surface area contributed by atoms with Crippen molar-refractivity contribution < 1.29 is 0 Å². The zero-order valence-electron chi connectivity index (χ0n) is 14.9. The third-order valence-corrected chi connectivity index (χ3v) is 4.65. The zero-order chi connectivity index (χ0) is 17.8. The van der Waals surface area contributed by atoms with Gasteiger partial charge in [0.1, 0.15) is 0 Å². The lowest BCUT2D eigenvalue weighted by Crippen LogP contribution is -1.86. The van der Waals surface area contributed by atoms with E-state index >= 15 is 0 Å². The lowest BCUT2D eigenvalue weighted by Gasteiger charge is -2.03. The van der Waals surface area contributed by atoms with Crippen LogP contribution in [0.15, 0.2) is 84.9 Å². The van der Waals surface area contributed by atoms with Crippen LogP contribution < -0.4 is 0 Å². The second kappa shape index (κ2) is 7.37. The molecule has 1 heterocycles. The Hall–Kier alpha value is -3.19. The van der Waals surface area contributed by atoms with Gasteiger partial charge in [0, 0.05) is 5.39 Å². The summed E-state index contributed by atoms with van der Waals surface area (Å²) >= 11 is 0. The van der Waals surface area contributed by atoms with Gasteiger partial charge in [0.2, 0.25) is 0 Å². The highest BCUT2D eigenvalue weighted by atomic mass is 14.7. The summed E-state index contributed by atoms with van der Waals surface area (Å²) < 4.78 is 0. The Morgan fingerprint density at radius 3 is 2.27 bits per heavy atom. The summed E-state index contributed by atoms with van der Waals surface area (Å²) in [5.74, 6) is 0. The van der Waals surface area contributed by atoms with Crippen LogP contribution in [0, 0.1) is 0 Å². The maximum Gasteiger partial charge on any atom is 0.0709 e. The molecule has 0 unspecified atom stereocenters. The fraction of sp³-hybridized carbons (Fsp3) is 0.0800. The van der Waals surface area contributed by atoms with Gasteiger partial charge < -0.3 is 0 Å². The van der Waals surface area contributed by atoms with Gasteiger partial charge in [-0.25, -0.2) is 4.98 Å². The number of nitrogens with zero attached hydrogens (tertiary/aromatic N) is 1. The molecule has 0 spiro atoms. The van der Waals surface area contributed by atoms with Crippen molar-refractivity contribution >= 4 is 23.1 Å². The molecule has 4 aromatic rings. The second-order valence-corrected chi connectivity index (χ2v) is 6.44. The molecule has 0 aliphatic rings. The maximum absolute atomic E-state index is 4.74. The van der Waals surface area contributed by atoms with Crippen molar-refractivity contribution in [3.63, 3.8) is 0 Å². The molecule has 0 bridgehead atoms. The molecule has 126 valence electrons. The fourth-order valence-corrected chi connectivity index (χ4v) is 3.10. The smallest absolute Gasteiger partial charge is 0.0709 e. The number of benzene rings is 3. The quantitative estimate of drug-likeness (QED) is 0.407. The number of rotatable bonds is 4. The van der Waals surface area contributed by atoms with E-state index in [2.05, 4.69) is 97.9 Å². The van der Waals surface area contributed by atoms with Crippen LogP contribution in [-0.4, -0.2) is 4.98 Å². The molecule has 0 atom stereocenters. The summed E-state index contributed by atoms with van der Waals surface area (Å²) in [6, 6.07) is 29.8. The minimum atomic E-state index is 0.980. The molecular formula is C25H21N. The first kappa shape index (κ1) is 16.3. The molecule has 0 N–H and O–H groups in total. The summed E-state index contributed by atoms with van der Waals surface area (Å²) in [5, 5.41) is 1.20. The predicted octanol–water partition coefficient (Wildman–Crippen LogP) is 6.63. The van der Waals surface area contributed by atoms with E-state index in [0.29, 0.717) is 0 Å². The first-order chi connectivity index (χ1) is 12.8. The normalized spacial score (nSPS) is 11.3. The van der Waals surface area contributed by atoms with Crippen LogP contribution in [0.2, 0.25) is 0 Å². The maximum atomic E-state index is 4.74. The van der Waals surface area contributed by atoms with Crippen LogP contribution in [0.3, 0.4) is 0 Å². The summed E-state index contributed by atoms with van der Waals surface area (Å²) in [6.45, 7) is 2.18. The monoisotopic (exact) mass is 335 g/mol. The molecule has 0 amide bonds. The number of aromatic nitrogens is 1. The minimum absolute atomic E-state index is 0.980. The summed E-state index contributed by atoms with van der Waals surface area (Å²) in [6.07, 6.45) is 5.24. The highest BCUT2D eigenvalue weighted by Crippen LogP contribution is 2.20. The van der Waals surface area contributed by atoms with Crippen molar-refractivity contribution in [1.29, 1.82) is 0 Å². The topological polar surface area (TPSA) is 12.9 Å². The highest BCUT2D eigenvalue weighted by molar-refractivity contribution is 5.81. The van der Waals surface area contributed by atoms with Gasteiger partial charge in [0.15, 0.2) is 0 Å². The van der Waals surface area contributed by atoms with Crippen LogP contribution in [0.1, 0.15) is 23.7 Å². The van der Waals surface area contributed by atoms with Gasteiger partial charge in [-0.2, -0.15) is 0 Å². The Bertz CT molecular complexity index is 1040. The average Bonchev–Trinajstić information content (AvgIpc) is 2.72. The number of hydrogen-bond acceptors (Lipinski definition) is 1. The minimum Gasteiger partial charge on any atom is -0.248 e. The third-order valence-electron chi connectivity index (χ3n) is 4.65. The van der Waals surface area contributed by atoms with Crippen LogP contribution in [0.4, 0.5) is 0 Å². The largest absolute Gasteiger partial charge is 0.248 e. The van der Waals surface area contributed by atoms with Crippen LogP contribution in [0.25, 0.3) is 34.2 Å². The van der Waals surface area contributed by atoms with Gasteiger partial charge in [-0.3, -0.25) is 0 Å². The Balaban J connectivity index is 1.55. The highest BCUT2D eigenvalue weighted by Gasteiger charge is 1.99. The van der Waals surface area contributed by atoms with Gasteiger partial charge in [-0.05, 0) is 52.9 Å². The first-order valence-corrected chi connectivity index (χ1v) is 9.05. The van der Waals surface area contributed by atoms with E-state index in [-0.39, 0.29) is 0 Å². The van der Waals surface area contributed by atoms with Gasteiger partial charge >= 0.3 is 0 Å². The molecular weight excluding hydrogens is 314 g/mol. The number of pyridine rings is 1. The Morgan fingerprint density at radius 1 is 0.731 bits per heavy atom. The lowest BCUT2D eigenvalue weighted by atomic mass is 10.0. The van der Waals surface area contributed by atoms with Crippen LogP contribution in [0.5, 0.6) is 0 Å². The SMILES string of the molecule is CCc1ccc2nc(/C=C/c3ccc(-c4ccccc4)cc3)ccc2c1. The standard InChI is InChI=1S/C25H21N/c1-2-19-11-17-25-23(18-19)14-16-24(26-25)15-10-20-8-12-22(13-9-20)21-6-4-3-5-7-21/h3-18H,2H2,1H3/b15-10+. The first-order valence-electron chi connectivity index (χ1n) is 9.05. The van der Waals surface area contributed by atoms with Crippen LogP contribution >= 0.6 is 0 Å². The summed E-state index contributed by atoms with van der Waals surface area (Å²) in [7, 11) is 0. The molecule has 0 fully saturated rings. The predicted molar refractivity (Wildman–Crippen MR) is 112 cm³/mol. The second-order valence-electron chi connectivity index (χ2n) is 6.44. The van der Waals surface area contributed by atoms with E-state index in [1.54, 1.807) is 0 Å². The van der Waals surface area contributed by atoms with Crippen molar-refractivity contribution in [1.82, 2.24) is 4.98 Å². The van der Waals surface area contributed by atoms with Gasteiger partial charge in [0.05, 0.1) is 11.2 Å². The number of fused-ring (bicyclic) bond motifs is 1. The molecule has 0 aliphatic heterocycles. The van der Waals surface area contributed by atoms with Crippen molar-refractivity contribution in [2.24, 2.45) is 0 Å². The van der Waals surface area contributed by atoms with Crippen LogP contribution in [-0.2, 0) is 6.42 Å².